The molecule has 3 rings (SSSR count). The average Bonchev–Trinajstić information content (AvgIpc) is 3.31. The fourth-order valence-corrected chi connectivity index (χ4v) is 5.49. The molecular weight excluding hydrogens is 472 g/mol. The molecule has 3 amide bonds. The number of nitrogens with one attached hydrogen (secondary N) is 1. The van der Waals surface area contributed by atoms with Gasteiger partial charge in [-0.2, -0.15) is 0 Å². The molecule has 1 aromatic heterocycles. The highest BCUT2D eigenvalue weighted by Crippen LogP contribution is 2.35. The molecule has 0 bridgehead atoms. The summed E-state index contributed by atoms with van der Waals surface area (Å²) in [7, 11) is 3.95. The first-order chi connectivity index (χ1) is 16.8. The van der Waals surface area contributed by atoms with Gasteiger partial charge in [0.2, 0.25) is 12.2 Å². The van der Waals surface area contributed by atoms with Gasteiger partial charge in [-0.15, -0.1) is 10.2 Å². The minimum absolute atomic E-state index is 0.117. The number of aromatic nitrogens is 2. The van der Waals surface area contributed by atoms with Gasteiger partial charge < -0.3 is 29.2 Å². The second-order valence-electron chi connectivity index (χ2n) is 9.71. The summed E-state index contributed by atoms with van der Waals surface area (Å²) in [5, 5.41) is 11.5. The lowest BCUT2D eigenvalue weighted by molar-refractivity contribution is -0.130. The Bertz CT molecular complexity index is 851. The number of carbonyl (C=O) groups is 3. The third-order valence-corrected chi connectivity index (χ3v) is 7.31. The molecule has 196 valence electrons. The minimum atomic E-state index is -0.955. The zero-order valence-electron chi connectivity index (χ0n) is 21.2. The maximum absolute atomic E-state index is 13.6. The maximum Gasteiger partial charge on any atom is 0.319 e. The molecule has 2 heterocycles. The van der Waals surface area contributed by atoms with Crippen LogP contribution in [0.25, 0.3) is 0 Å². The summed E-state index contributed by atoms with van der Waals surface area (Å²) in [5.74, 6) is -0.0188. The molecule has 1 N–H and O–H groups in total. The van der Waals surface area contributed by atoms with Crippen LogP contribution in [-0.2, 0) is 9.53 Å². The Labute approximate surface area is 211 Å². The van der Waals surface area contributed by atoms with Gasteiger partial charge in [-0.25, -0.2) is 4.79 Å². The zero-order valence-corrected chi connectivity index (χ0v) is 22.0. The summed E-state index contributed by atoms with van der Waals surface area (Å²) >= 11 is 1.38. The van der Waals surface area contributed by atoms with E-state index in [0.717, 1.165) is 31.6 Å². The van der Waals surface area contributed by atoms with Crippen molar-refractivity contribution in [1.29, 1.82) is 0 Å². The van der Waals surface area contributed by atoms with E-state index in [-0.39, 0.29) is 17.8 Å². The SMILES string of the molecule is CC(C)[C@@H](C(=O)c1nnc(SCCN(C)C)o1)N(C=O)C1(NC(=O)N2CCOCC2)CCCCC1. The molecule has 1 aliphatic heterocycles. The molecule has 2 fully saturated rings. The van der Waals surface area contributed by atoms with Crippen molar-refractivity contribution in [3.05, 3.63) is 5.89 Å². The van der Waals surface area contributed by atoms with E-state index in [9.17, 15) is 14.4 Å². The molecule has 2 aliphatic rings. The van der Waals surface area contributed by atoms with Crippen LogP contribution < -0.4 is 5.32 Å². The van der Waals surface area contributed by atoms with Gasteiger partial charge >= 0.3 is 6.03 Å². The van der Waals surface area contributed by atoms with E-state index >= 15 is 0 Å². The number of ether oxygens (including phenoxy) is 1. The summed E-state index contributed by atoms with van der Waals surface area (Å²) < 4.78 is 11.0. The van der Waals surface area contributed by atoms with Gasteiger partial charge in [0.15, 0.2) is 0 Å². The van der Waals surface area contributed by atoms with E-state index < -0.39 is 17.5 Å². The third-order valence-electron chi connectivity index (χ3n) is 6.51. The van der Waals surface area contributed by atoms with Gasteiger partial charge in [0.05, 0.1) is 13.2 Å². The van der Waals surface area contributed by atoms with Crippen LogP contribution in [0.4, 0.5) is 4.79 Å². The smallest absolute Gasteiger partial charge is 0.319 e. The van der Waals surface area contributed by atoms with E-state index in [4.69, 9.17) is 9.15 Å². The number of Topliss-reactive ketones (excluding diaryl/α,β-unsaturated/α-hetero) is 1. The second kappa shape index (κ2) is 12.7. The van der Waals surface area contributed by atoms with Gasteiger partial charge in [-0.1, -0.05) is 32.0 Å². The van der Waals surface area contributed by atoms with Crippen molar-refractivity contribution in [1.82, 2.24) is 30.2 Å². The Morgan fingerprint density at radius 2 is 1.86 bits per heavy atom. The predicted octanol–water partition coefficient (Wildman–Crippen LogP) is 2.09. The fraction of sp³-hybridized carbons (Fsp3) is 0.783. The number of rotatable bonds is 11. The summed E-state index contributed by atoms with van der Waals surface area (Å²) in [6, 6.07) is -1.09. The van der Waals surface area contributed by atoms with Gasteiger partial charge in [0, 0.05) is 25.4 Å². The van der Waals surface area contributed by atoms with Crippen LogP contribution in [0.1, 0.15) is 56.6 Å². The molecule has 0 aromatic carbocycles. The summed E-state index contributed by atoms with van der Waals surface area (Å²) in [4.78, 5) is 44.6. The number of hydrogen-bond donors (Lipinski definition) is 1. The summed E-state index contributed by atoms with van der Waals surface area (Å²) in [6.45, 7) is 6.53. The lowest BCUT2D eigenvalue weighted by Crippen LogP contribution is -2.67. The number of nitrogens with zero attached hydrogens (tertiary/aromatic N) is 5. The zero-order chi connectivity index (χ0) is 25.4. The molecule has 11 nitrogen and oxygen atoms in total. The fourth-order valence-electron chi connectivity index (χ4n) is 4.62. The van der Waals surface area contributed by atoms with Crippen LogP contribution in [0.15, 0.2) is 9.64 Å². The van der Waals surface area contributed by atoms with Crippen molar-refractivity contribution in [3.63, 3.8) is 0 Å². The molecule has 1 aliphatic carbocycles. The van der Waals surface area contributed by atoms with Crippen LogP contribution in [0.5, 0.6) is 0 Å². The van der Waals surface area contributed by atoms with Gasteiger partial charge in [-0.3, -0.25) is 9.59 Å². The number of hydrogen-bond acceptors (Lipinski definition) is 9. The molecule has 1 saturated heterocycles. The largest absolute Gasteiger partial charge is 0.408 e. The van der Waals surface area contributed by atoms with Crippen molar-refractivity contribution < 1.29 is 23.5 Å². The minimum Gasteiger partial charge on any atom is -0.408 e. The van der Waals surface area contributed by atoms with E-state index in [1.165, 1.54) is 16.7 Å². The normalized spacial score (nSPS) is 19.0. The number of thioether (sulfide) groups is 1. The van der Waals surface area contributed by atoms with E-state index in [1.807, 2.05) is 32.8 Å². The number of carbonyl (C=O) groups excluding carboxylic acids is 3. The average molecular weight is 511 g/mol. The molecule has 0 spiro atoms. The van der Waals surface area contributed by atoms with E-state index in [1.54, 1.807) is 4.90 Å². The predicted molar refractivity (Wildman–Crippen MR) is 131 cm³/mol. The Kier molecular flexibility index (Phi) is 9.93. The molecule has 0 unspecified atom stereocenters. The molecule has 1 aromatic rings. The monoisotopic (exact) mass is 510 g/mol. The van der Waals surface area contributed by atoms with Crippen molar-refractivity contribution in [3.8, 4) is 0 Å². The Morgan fingerprint density at radius 1 is 1.17 bits per heavy atom. The van der Waals surface area contributed by atoms with E-state index in [2.05, 4.69) is 15.5 Å². The molecule has 35 heavy (non-hydrogen) atoms. The molecule has 0 radical (unpaired) electrons. The van der Waals surface area contributed by atoms with Gasteiger partial charge in [-0.05, 0) is 45.7 Å². The van der Waals surface area contributed by atoms with Crippen molar-refractivity contribution >= 4 is 30.0 Å². The number of amides is 3. The number of morpholine rings is 1. The molecular formula is C23H38N6O5S. The molecule has 12 heteroatoms. The topological polar surface area (TPSA) is 121 Å². The number of urea groups is 1. The maximum atomic E-state index is 13.6. The van der Waals surface area contributed by atoms with Crippen LogP contribution in [-0.4, -0.2) is 108 Å². The van der Waals surface area contributed by atoms with Gasteiger partial charge in [0.25, 0.3) is 11.1 Å². The van der Waals surface area contributed by atoms with Crippen LogP contribution in [0.3, 0.4) is 0 Å². The quantitative estimate of drug-likeness (QED) is 0.206. The first-order valence-corrected chi connectivity index (χ1v) is 13.3. The van der Waals surface area contributed by atoms with E-state index in [0.29, 0.717) is 50.8 Å². The Morgan fingerprint density at radius 3 is 2.46 bits per heavy atom. The highest BCUT2D eigenvalue weighted by atomic mass is 32.2. The van der Waals surface area contributed by atoms with Gasteiger partial charge in [0.1, 0.15) is 11.7 Å². The third kappa shape index (κ3) is 6.95. The van der Waals surface area contributed by atoms with Crippen LogP contribution >= 0.6 is 11.8 Å². The summed E-state index contributed by atoms with van der Waals surface area (Å²) in [5.41, 5.74) is -0.955. The number of ketones is 1. The van der Waals surface area contributed by atoms with Crippen LogP contribution in [0, 0.1) is 5.92 Å². The lowest BCUT2D eigenvalue weighted by Gasteiger charge is -2.49. The Balaban J connectivity index is 1.82. The standard InChI is InChI=1S/C23H38N6O5S/c1-17(2)18(19(31)20-25-26-22(34-20)35-15-12-27(3)4)29(16-30)23(8-6-5-7-9-23)24-21(32)28-10-13-33-14-11-28/h16-18H,5-15H2,1-4H3,(H,24,32)/t18-/m0/s1. The first-order valence-electron chi connectivity index (χ1n) is 12.3. The lowest BCUT2D eigenvalue weighted by atomic mass is 9.84. The molecule has 1 saturated carbocycles. The second-order valence-corrected chi connectivity index (χ2v) is 10.8. The highest BCUT2D eigenvalue weighted by molar-refractivity contribution is 7.99. The molecule has 1 atom stereocenters. The highest BCUT2D eigenvalue weighted by Gasteiger charge is 2.47. The Hall–Kier alpha value is -2.18. The van der Waals surface area contributed by atoms with Crippen molar-refractivity contribution in [2.45, 2.75) is 62.9 Å². The van der Waals surface area contributed by atoms with Crippen molar-refractivity contribution in [2.75, 3.05) is 52.7 Å². The first kappa shape index (κ1) is 27.4. The van der Waals surface area contributed by atoms with Crippen LogP contribution in [0.2, 0.25) is 0 Å². The van der Waals surface area contributed by atoms with Crippen molar-refractivity contribution in [2.24, 2.45) is 5.92 Å². The summed E-state index contributed by atoms with van der Waals surface area (Å²) in [6.07, 6.45) is 4.55.